The summed E-state index contributed by atoms with van der Waals surface area (Å²) in [7, 11) is 3.37. The largest absolute Gasteiger partial charge is 0.401 e. The Kier molecular flexibility index (Phi) is 4.89. The number of hydrogen-bond acceptors (Lipinski definition) is 4. The zero-order valence-corrected chi connectivity index (χ0v) is 15.4. The maximum atomic E-state index is 13.0. The molecule has 0 aromatic carbocycles. The lowest BCUT2D eigenvalue weighted by molar-refractivity contribution is -0.677. The van der Waals surface area contributed by atoms with E-state index in [2.05, 4.69) is 9.56 Å². The van der Waals surface area contributed by atoms with Crippen molar-refractivity contribution in [3.63, 3.8) is 0 Å². The standard InChI is InChI=1S/C17H26N5O3/c1-5-6-8-21-15(23)13-14(19(3)17(21)24)18-16-20(9-7-10-25-4)12(2)11-22(13)16/h11,13H,5-10H2,1-4H3/q+1. The van der Waals surface area contributed by atoms with Crippen molar-refractivity contribution in [2.24, 2.45) is 4.99 Å². The number of methoxy groups -OCH3 is 1. The SMILES string of the molecule is CCCCN1C(=O)C2C(=Nc3n(CCCOC)c(C)c[n+]32)N(C)C1=O. The molecule has 1 unspecified atom stereocenters. The van der Waals surface area contributed by atoms with Gasteiger partial charge in [0.25, 0.3) is 5.91 Å². The van der Waals surface area contributed by atoms with E-state index < -0.39 is 6.04 Å². The van der Waals surface area contributed by atoms with Crippen molar-refractivity contribution < 1.29 is 18.9 Å². The molecule has 0 N–H and O–H groups in total. The summed E-state index contributed by atoms with van der Waals surface area (Å²) in [4.78, 5) is 33.0. The number of likely N-dealkylation sites (N-methyl/N-ethyl adjacent to an activating group) is 1. The van der Waals surface area contributed by atoms with Crippen LogP contribution in [0.4, 0.5) is 10.7 Å². The van der Waals surface area contributed by atoms with Crippen molar-refractivity contribution in [1.82, 2.24) is 14.4 Å². The number of carbonyl (C=O) groups excluding carboxylic acids is 2. The predicted octanol–water partition coefficient (Wildman–Crippen LogP) is 1.40. The molecule has 0 saturated carbocycles. The maximum Gasteiger partial charge on any atom is 0.401 e. The quantitative estimate of drug-likeness (QED) is 0.552. The Hall–Kier alpha value is -2.22. The molecule has 0 bridgehead atoms. The van der Waals surface area contributed by atoms with E-state index in [1.54, 1.807) is 14.2 Å². The van der Waals surface area contributed by atoms with Crippen LogP contribution in [0.2, 0.25) is 0 Å². The first-order valence-corrected chi connectivity index (χ1v) is 8.79. The number of imidazole rings is 1. The molecule has 0 spiro atoms. The maximum absolute atomic E-state index is 13.0. The molecule has 0 aliphatic carbocycles. The number of rotatable bonds is 7. The molecule has 1 atom stereocenters. The van der Waals surface area contributed by atoms with Crippen LogP contribution >= 0.6 is 0 Å². The van der Waals surface area contributed by atoms with Gasteiger partial charge in [-0.3, -0.25) is 14.6 Å². The molecule has 25 heavy (non-hydrogen) atoms. The lowest BCUT2D eigenvalue weighted by Gasteiger charge is -2.33. The second-order valence-corrected chi connectivity index (χ2v) is 6.53. The summed E-state index contributed by atoms with van der Waals surface area (Å²) >= 11 is 0. The van der Waals surface area contributed by atoms with Gasteiger partial charge in [0.15, 0.2) is 0 Å². The molecule has 8 nitrogen and oxygen atoms in total. The van der Waals surface area contributed by atoms with E-state index in [9.17, 15) is 9.59 Å². The summed E-state index contributed by atoms with van der Waals surface area (Å²) in [5.74, 6) is 1.05. The van der Waals surface area contributed by atoms with Crippen LogP contribution in [0.25, 0.3) is 0 Å². The van der Waals surface area contributed by atoms with Crippen molar-refractivity contribution in [2.75, 3.05) is 27.3 Å². The number of aliphatic imine (C=N–C) groups is 1. The minimum atomic E-state index is -0.545. The lowest BCUT2D eigenvalue weighted by atomic mass is 10.1. The molecule has 136 valence electrons. The Bertz CT molecular complexity index is 724. The van der Waals surface area contributed by atoms with Crippen molar-refractivity contribution >= 4 is 23.7 Å². The number of aryl methyl sites for hydroxylation is 1. The first-order chi connectivity index (χ1) is 12.0. The van der Waals surface area contributed by atoms with Crippen LogP contribution in [0.3, 0.4) is 0 Å². The third-order valence-corrected chi connectivity index (χ3v) is 4.79. The molecule has 1 aromatic rings. The third kappa shape index (κ3) is 2.84. The Balaban J connectivity index is 1.94. The average molecular weight is 348 g/mol. The van der Waals surface area contributed by atoms with Gasteiger partial charge in [0.1, 0.15) is 11.9 Å². The fourth-order valence-electron chi connectivity index (χ4n) is 3.40. The van der Waals surface area contributed by atoms with Gasteiger partial charge in [0.05, 0.1) is 6.54 Å². The molecular weight excluding hydrogens is 322 g/mol. The fourth-order valence-corrected chi connectivity index (χ4v) is 3.40. The van der Waals surface area contributed by atoms with E-state index >= 15 is 0 Å². The smallest absolute Gasteiger partial charge is 0.385 e. The van der Waals surface area contributed by atoms with Gasteiger partial charge in [-0.2, -0.15) is 0 Å². The first kappa shape index (κ1) is 17.6. The Morgan fingerprint density at radius 3 is 2.72 bits per heavy atom. The number of imide groups is 1. The second kappa shape index (κ2) is 6.95. The summed E-state index contributed by atoms with van der Waals surface area (Å²) in [5, 5.41) is 0. The number of amidine groups is 1. The highest BCUT2D eigenvalue weighted by atomic mass is 16.5. The number of fused-ring (bicyclic) bond motifs is 3. The molecule has 1 saturated heterocycles. The molecule has 1 fully saturated rings. The molecule has 8 heteroatoms. The first-order valence-electron chi connectivity index (χ1n) is 8.79. The van der Waals surface area contributed by atoms with Gasteiger partial charge in [-0.15, -0.1) is 0 Å². The van der Waals surface area contributed by atoms with Crippen LogP contribution in [0.5, 0.6) is 0 Å². The van der Waals surface area contributed by atoms with Crippen molar-refractivity contribution in [1.29, 1.82) is 0 Å². The molecule has 3 amide bonds. The second-order valence-electron chi connectivity index (χ2n) is 6.53. The molecule has 3 heterocycles. The number of unbranched alkanes of at least 4 members (excludes halogenated alkanes) is 1. The van der Waals surface area contributed by atoms with Gasteiger partial charge in [0, 0.05) is 33.7 Å². The van der Waals surface area contributed by atoms with Crippen LogP contribution < -0.4 is 4.57 Å². The van der Waals surface area contributed by atoms with Gasteiger partial charge in [0.2, 0.25) is 11.9 Å². The van der Waals surface area contributed by atoms with Gasteiger partial charge >= 0.3 is 12.0 Å². The number of aromatic nitrogens is 2. The monoisotopic (exact) mass is 348 g/mol. The van der Waals surface area contributed by atoms with Crippen LogP contribution in [0, 0.1) is 6.92 Å². The third-order valence-electron chi connectivity index (χ3n) is 4.79. The normalized spacial score (nSPS) is 19.4. The van der Waals surface area contributed by atoms with Crippen LogP contribution in [0.1, 0.15) is 37.9 Å². The van der Waals surface area contributed by atoms with Crippen molar-refractivity contribution in [3.05, 3.63) is 11.9 Å². The minimum absolute atomic E-state index is 0.187. The van der Waals surface area contributed by atoms with Gasteiger partial charge in [-0.1, -0.05) is 18.3 Å². The van der Waals surface area contributed by atoms with E-state index in [0.717, 1.165) is 37.4 Å². The van der Waals surface area contributed by atoms with Gasteiger partial charge in [-0.05, 0) is 13.3 Å². The number of ether oxygens (including phenoxy) is 1. The number of amides is 3. The summed E-state index contributed by atoms with van der Waals surface area (Å²) in [6.45, 7) is 5.92. The highest BCUT2D eigenvalue weighted by molar-refractivity contribution is 6.19. The van der Waals surface area contributed by atoms with Gasteiger partial charge < -0.3 is 4.74 Å². The zero-order chi connectivity index (χ0) is 18.1. The summed E-state index contributed by atoms with van der Waals surface area (Å²) in [5.41, 5.74) is 1.04. The topological polar surface area (TPSA) is 71.0 Å². The van der Waals surface area contributed by atoms with E-state index in [-0.39, 0.29) is 11.9 Å². The summed E-state index contributed by atoms with van der Waals surface area (Å²) in [6, 6.07) is -0.834. The Morgan fingerprint density at radius 1 is 1.28 bits per heavy atom. The molecule has 3 rings (SSSR count). The highest BCUT2D eigenvalue weighted by Crippen LogP contribution is 2.29. The highest BCUT2D eigenvalue weighted by Gasteiger charge is 2.52. The van der Waals surface area contributed by atoms with Crippen molar-refractivity contribution in [2.45, 2.75) is 45.7 Å². The number of hydrogen-bond donors (Lipinski definition) is 0. The van der Waals surface area contributed by atoms with Crippen molar-refractivity contribution in [3.8, 4) is 0 Å². The van der Waals surface area contributed by atoms with Crippen LogP contribution in [0.15, 0.2) is 11.2 Å². The van der Waals surface area contributed by atoms with Crippen LogP contribution in [-0.2, 0) is 16.1 Å². The Labute approximate surface area is 147 Å². The number of carbonyl (C=O) groups is 2. The van der Waals surface area contributed by atoms with E-state index in [4.69, 9.17) is 4.74 Å². The molecule has 2 aliphatic heterocycles. The fraction of sp³-hybridized carbons (Fsp3) is 0.647. The molecule has 0 radical (unpaired) electrons. The molecule has 2 aliphatic rings. The Morgan fingerprint density at radius 2 is 2.04 bits per heavy atom. The average Bonchev–Trinajstić information content (AvgIpc) is 3.09. The van der Waals surface area contributed by atoms with Crippen LogP contribution in [-0.4, -0.2) is 59.4 Å². The summed E-state index contributed by atoms with van der Waals surface area (Å²) in [6.07, 6.45) is 4.54. The predicted molar refractivity (Wildman–Crippen MR) is 91.8 cm³/mol. The number of nitrogens with zero attached hydrogens (tertiary/aromatic N) is 5. The molecule has 1 aromatic heterocycles. The van der Waals surface area contributed by atoms with E-state index in [0.29, 0.717) is 19.0 Å². The lowest BCUT2D eigenvalue weighted by Crippen LogP contribution is -2.62. The summed E-state index contributed by atoms with van der Waals surface area (Å²) < 4.78 is 9.09. The molecular formula is C17H26N5O3+. The van der Waals surface area contributed by atoms with E-state index in [1.807, 2.05) is 24.6 Å². The number of urea groups is 1. The minimum Gasteiger partial charge on any atom is -0.385 e. The van der Waals surface area contributed by atoms with E-state index in [1.165, 1.54) is 9.80 Å². The zero-order valence-electron chi connectivity index (χ0n) is 15.4. The van der Waals surface area contributed by atoms with Gasteiger partial charge in [-0.25, -0.2) is 13.9 Å².